The molecule has 0 fully saturated rings. The molecule has 4 nitrogen and oxygen atoms in total. The van der Waals surface area contributed by atoms with Crippen molar-refractivity contribution in [2.75, 3.05) is 6.61 Å². The zero-order chi connectivity index (χ0) is 27.0. The Morgan fingerprint density at radius 2 is 1.36 bits per heavy atom. The molecule has 36 heavy (non-hydrogen) atoms. The summed E-state index contributed by atoms with van der Waals surface area (Å²) in [5, 5.41) is 2.33. The van der Waals surface area contributed by atoms with Crippen molar-refractivity contribution >= 4 is 11.9 Å². The summed E-state index contributed by atoms with van der Waals surface area (Å²) >= 11 is 0. The standard InChI is InChI=1S/C28H43F4NO3/c1-4-5-6-7-8-9-10-11-12-13-14-15-16-20-36-27(35)25(21(2)3)33-26(34)22-18-17-19-23(24(22)29)28(30,31)32/h17-19,21,25H,4-16,20H2,1-3H3,(H,33,34). The smallest absolute Gasteiger partial charge is 0.419 e. The topological polar surface area (TPSA) is 55.4 Å². The minimum Gasteiger partial charge on any atom is -0.464 e. The first-order valence-electron chi connectivity index (χ1n) is 13.4. The van der Waals surface area contributed by atoms with Crippen LogP contribution >= 0.6 is 0 Å². The summed E-state index contributed by atoms with van der Waals surface area (Å²) in [6.07, 6.45) is 10.6. The fourth-order valence-corrected chi connectivity index (χ4v) is 4.03. The Morgan fingerprint density at radius 3 is 1.83 bits per heavy atom. The van der Waals surface area contributed by atoms with Crippen LogP contribution in [0.3, 0.4) is 0 Å². The van der Waals surface area contributed by atoms with E-state index in [0.29, 0.717) is 12.5 Å². The number of benzene rings is 1. The molecule has 1 N–H and O–H groups in total. The number of hydrogen-bond acceptors (Lipinski definition) is 3. The van der Waals surface area contributed by atoms with E-state index in [1.165, 1.54) is 57.8 Å². The van der Waals surface area contributed by atoms with Crippen molar-refractivity contribution < 1.29 is 31.9 Å². The van der Waals surface area contributed by atoms with Gasteiger partial charge in [0.25, 0.3) is 5.91 Å². The Balaban J connectivity index is 2.32. The molecule has 206 valence electrons. The molecule has 1 unspecified atom stereocenters. The van der Waals surface area contributed by atoms with Crippen molar-refractivity contribution in [2.24, 2.45) is 5.92 Å². The zero-order valence-corrected chi connectivity index (χ0v) is 22.0. The van der Waals surface area contributed by atoms with Crippen LogP contribution in [0, 0.1) is 11.7 Å². The maximum atomic E-state index is 14.3. The lowest BCUT2D eigenvalue weighted by atomic mass is 10.0. The molecule has 0 aliphatic rings. The Bertz CT molecular complexity index is 781. The first-order chi connectivity index (χ1) is 17.1. The second-order valence-corrected chi connectivity index (χ2v) is 9.77. The van der Waals surface area contributed by atoms with Gasteiger partial charge in [0.05, 0.1) is 17.7 Å². The molecule has 0 spiro atoms. The van der Waals surface area contributed by atoms with Crippen molar-refractivity contribution in [2.45, 2.75) is 116 Å². The van der Waals surface area contributed by atoms with Crippen LogP contribution in [0.25, 0.3) is 0 Å². The van der Waals surface area contributed by atoms with E-state index in [9.17, 15) is 27.2 Å². The maximum Gasteiger partial charge on any atom is 0.419 e. The summed E-state index contributed by atoms with van der Waals surface area (Å²) in [5.74, 6) is -3.81. The fourth-order valence-electron chi connectivity index (χ4n) is 4.03. The van der Waals surface area contributed by atoms with Gasteiger partial charge >= 0.3 is 12.1 Å². The number of amides is 1. The number of carbonyl (C=O) groups excluding carboxylic acids is 2. The van der Waals surface area contributed by atoms with Crippen LogP contribution in [0.5, 0.6) is 0 Å². The summed E-state index contributed by atoms with van der Waals surface area (Å²) in [5.41, 5.74) is -2.29. The molecule has 0 aromatic heterocycles. The van der Waals surface area contributed by atoms with Crippen LogP contribution in [0.15, 0.2) is 18.2 Å². The largest absolute Gasteiger partial charge is 0.464 e. The van der Waals surface area contributed by atoms with Gasteiger partial charge in [0.2, 0.25) is 0 Å². The SMILES string of the molecule is CCCCCCCCCCCCCCCOC(=O)C(NC(=O)c1cccc(C(F)(F)F)c1F)C(C)C. The van der Waals surface area contributed by atoms with Gasteiger partial charge < -0.3 is 10.1 Å². The number of ether oxygens (including phenoxy) is 1. The molecule has 8 heteroatoms. The number of hydrogen-bond donors (Lipinski definition) is 1. The van der Waals surface area contributed by atoms with E-state index in [1.807, 2.05) is 0 Å². The lowest BCUT2D eigenvalue weighted by Gasteiger charge is -2.21. The molecule has 1 aromatic carbocycles. The van der Waals surface area contributed by atoms with Crippen molar-refractivity contribution in [1.29, 1.82) is 0 Å². The monoisotopic (exact) mass is 517 g/mol. The van der Waals surface area contributed by atoms with Crippen molar-refractivity contribution in [1.82, 2.24) is 5.32 Å². The number of nitrogens with one attached hydrogen (secondary N) is 1. The molecule has 0 saturated heterocycles. The molecule has 0 aliphatic heterocycles. The van der Waals surface area contributed by atoms with Crippen LogP contribution in [-0.4, -0.2) is 24.5 Å². The van der Waals surface area contributed by atoms with Crippen molar-refractivity contribution in [3.05, 3.63) is 35.1 Å². The van der Waals surface area contributed by atoms with Gasteiger partial charge in [0, 0.05) is 0 Å². The third kappa shape index (κ3) is 12.2. The number of carbonyl (C=O) groups is 2. The van der Waals surface area contributed by atoms with Crippen molar-refractivity contribution in [3.8, 4) is 0 Å². The molecule has 0 heterocycles. The summed E-state index contributed by atoms with van der Waals surface area (Å²) in [6.45, 7) is 5.76. The van der Waals surface area contributed by atoms with Crippen LogP contribution in [-0.2, 0) is 15.7 Å². The number of unbranched alkanes of at least 4 members (excludes halogenated alkanes) is 12. The molecule has 0 saturated carbocycles. The molecule has 1 aromatic rings. The average molecular weight is 518 g/mol. The molecule has 0 aliphatic carbocycles. The predicted molar refractivity (Wildman–Crippen MR) is 134 cm³/mol. The zero-order valence-electron chi connectivity index (χ0n) is 22.0. The van der Waals surface area contributed by atoms with E-state index in [1.54, 1.807) is 13.8 Å². The third-order valence-corrected chi connectivity index (χ3v) is 6.25. The first-order valence-corrected chi connectivity index (χ1v) is 13.4. The molecule has 1 rings (SSSR count). The number of esters is 1. The number of alkyl halides is 3. The highest BCUT2D eigenvalue weighted by atomic mass is 19.4. The summed E-state index contributed by atoms with van der Waals surface area (Å²) in [6, 6.07) is 1.39. The van der Waals surface area contributed by atoms with Crippen LogP contribution in [0.4, 0.5) is 17.6 Å². The molecular weight excluding hydrogens is 474 g/mol. The molecule has 1 amide bonds. The quantitative estimate of drug-likeness (QED) is 0.121. The normalized spacial score (nSPS) is 12.6. The van der Waals surface area contributed by atoms with E-state index >= 15 is 0 Å². The number of halogens is 4. The van der Waals surface area contributed by atoms with E-state index in [0.717, 1.165) is 31.4 Å². The van der Waals surface area contributed by atoms with Gasteiger partial charge in [-0.25, -0.2) is 9.18 Å². The Kier molecular flexibility index (Phi) is 15.4. The minimum atomic E-state index is -4.93. The number of rotatable bonds is 18. The van der Waals surface area contributed by atoms with Gasteiger partial charge in [-0.3, -0.25) is 4.79 Å². The van der Waals surface area contributed by atoms with E-state index in [4.69, 9.17) is 4.74 Å². The highest BCUT2D eigenvalue weighted by molar-refractivity contribution is 5.97. The Morgan fingerprint density at radius 1 is 0.861 bits per heavy atom. The van der Waals surface area contributed by atoms with Gasteiger partial charge in [-0.15, -0.1) is 0 Å². The van der Waals surface area contributed by atoms with Crippen LogP contribution in [0.2, 0.25) is 0 Å². The summed E-state index contributed by atoms with van der Waals surface area (Å²) in [4.78, 5) is 24.9. The minimum absolute atomic E-state index is 0.202. The molecule has 1 atom stereocenters. The van der Waals surface area contributed by atoms with Crippen LogP contribution in [0.1, 0.15) is 120 Å². The van der Waals surface area contributed by atoms with Gasteiger partial charge in [-0.2, -0.15) is 13.2 Å². The lowest BCUT2D eigenvalue weighted by Crippen LogP contribution is -2.45. The molecule has 0 radical (unpaired) electrons. The summed E-state index contributed by atoms with van der Waals surface area (Å²) in [7, 11) is 0. The highest BCUT2D eigenvalue weighted by Crippen LogP contribution is 2.32. The molecular formula is C28H43F4NO3. The highest BCUT2D eigenvalue weighted by Gasteiger charge is 2.36. The van der Waals surface area contributed by atoms with Gasteiger partial charge in [-0.1, -0.05) is 104 Å². The van der Waals surface area contributed by atoms with Gasteiger partial charge in [0.15, 0.2) is 0 Å². The van der Waals surface area contributed by atoms with Crippen molar-refractivity contribution in [3.63, 3.8) is 0 Å². The van der Waals surface area contributed by atoms with Gasteiger partial charge in [0.1, 0.15) is 11.9 Å². The van der Waals surface area contributed by atoms with E-state index in [2.05, 4.69) is 12.2 Å². The maximum absolute atomic E-state index is 14.3. The third-order valence-electron chi connectivity index (χ3n) is 6.25. The van der Waals surface area contributed by atoms with Crippen LogP contribution < -0.4 is 5.32 Å². The van der Waals surface area contributed by atoms with Gasteiger partial charge in [-0.05, 0) is 24.5 Å². The lowest BCUT2D eigenvalue weighted by molar-refractivity contribution is -0.147. The second-order valence-electron chi connectivity index (χ2n) is 9.77. The van der Waals surface area contributed by atoms with E-state index < -0.39 is 41.0 Å². The Hall–Kier alpha value is -2.12. The summed E-state index contributed by atoms with van der Waals surface area (Å²) < 4.78 is 58.4. The second kappa shape index (κ2) is 17.4. The predicted octanol–water partition coefficient (Wildman–Crippen LogP) is 8.23. The fraction of sp³-hybridized carbons (Fsp3) is 0.714. The molecule has 0 bridgehead atoms. The van der Waals surface area contributed by atoms with E-state index in [-0.39, 0.29) is 12.5 Å². The average Bonchev–Trinajstić information content (AvgIpc) is 2.81. The Labute approximate surface area is 213 Å². The first kappa shape index (κ1) is 31.9.